The van der Waals surface area contributed by atoms with Crippen LogP contribution in [0.25, 0.3) is 0 Å². The zero-order valence-corrected chi connectivity index (χ0v) is 16.1. The largest absolute Gasteiger partial charge is 0.545 e. The summed E-state index contributed by atoms with van der Waals surface area (Å²) in [5.74, 6) is -2.76. The number of rotatable bonds is 8. The normalized spacial score (nSPS) is 11.3. The molecule has 0 aliphatic heterocycles. The van der Waals surface area contributed by atoms with Crippen LogP contribution < -0.4 is 26.7 Å². The van der Waals surface area contributed by atoms with Crippen molar-refractivity contribution in [3.8, 4) is 0 Å². The van der Waals surface area contributed by atoms with E-state index in [-0.39, 0.29) is 6.10 Å². The maximum Gasteiger partial charge on any atom is 0.434 e. The van der Waals surface area contributed by atoms with E-state index < -0.39 is 11.9 Å². The molecule has 2 rings (SSSR count). The molecule has 0 amide bonds. The smallest absolute Gasteiger partial charge is 0.434 e. The molecule has 0 spiro atoms. The molecule has 0 aromatic heterocycles. The van der Waals surface area contributed by atoms with E-state index in [0.29, 0.717) is 31.3 Å². The fraction of sp³-hybridized carbons (Fsp3) is 0.190. The summed E-state index contributed by atoms with van der Waals surface area (Å²) in [6, 6.07) is 18.5. The van der Waals surface area contributed by atoms with Gasteiger partial charge in [-0.3, -0.25) is 0 Å². The topological polar surface area (TPSA) is 158 Å². The van der Waals surface area contributed by atoms with E-state index in [1.807, 2.05) is 30.3 Å². The van der Waals surface area contributed by atoms with E-state index >= 15 is 0 Å². The third-order valence-corrected chi connectivity index (χ3v) is 3.71. The Bertz CT molecular complexity index is 821. The van der Waals surface area contributed by atoms with Crippen LogP contribution in [0.15, 0.2) is 66.7 Å². The molecule has 0 aliphatic carbocycles. The highest BCUT2D eigenvalue weighted by Crippen LogP contribution is 2.27. The molecule has 0 heterocycles. The van der Waals surface area contributed by atoms with Crippen molar-refractivity contribution in [2.75, 3.05) is 13.2 Å². The summed E-state index contributed by atoms with van der Waals surface area (Å²) in [4.78, 5) is 18.8. The second kappa shape index (κ2) is 12.8. The summed E-state index contributed by atoms with van der Waals surface area (Å²) >= 11 is 0. The number of hydrogen-bond acceptors (Lipinski definition) is 5. The third-order valence-electron chi connectivity index (χ3n) is 3.71. The fourth-order valence-corrected chi connectivity index (χ4v) is 2.42. The van der Waals surface area contributed by atoms with E-state index in [4.69, 9.17) is 15.9 Å². The SMILES string of the molecule is Cc1ccccc1C(OCC[NH2+]C(N)=[NH2+])c1ccccc1.O=C([O-])/C=C/C(=O)[O-]. The first kappa shape index (κ1) is 23.5. The molecular formula is C21H25N3O5. The van der Waals surface area contributed by atoms with Crippen LogP contribution >= 0.6 is 0 Å². The van der Waals surface area contributed by atoms with Crippen LogP contribution in [-0.4, -0.2) is 31.0 Å². The average Bonchev–Trinajstić information content (AvgIpc) is 2.68. The van der Waals surface area contributed by atoms with Gasteiger partial charge in [-0.1, -0.05) is 54.6 Å². The first-order valence-corrected chi connectivity index (χ1v) is 8.84. The van der Waals surface area contributed by atoms with Gasteiger partial charge in [0.25, 0.3) is 0 Å². The van der Waals surface area contributed by atoms with Gasteiger partial charge in [0.05, 0.1) is 18.5 Å². The predicted octanol–water partition coefficient (Wildman–Crippen LogP) is -3.22. The van der Waals surface area contributed by atoms with Gasteiger partial charge in [-0.15, -0.1) is 0 Å². The quantitative estimate of drug-likeness (QED) is 0.183. The van der Waals surface area contributed by atoms with Crippen LogP contribution in [0.4, 0.5) is 0 Å². The van der Waals surface area contributed by atoms with E-state index in [0.717, 1.165) is 5.56 Å². The minimum absolute atomic E-state index is 0.0696. The summed E-state index contributed by atoms with van der Waals surface area (Å²) in [7, 11) is 0. The van der Waals surface area contributed by atoms with Gasteiger partial charge in [0.15, 0.2) is 0 Å². The highest BCUT2D eigenvalue weighted by molar-refractivity contribution is 5.87. The van der Waals surface area contributed by atoms with E-state index in [1.54, 1.807) is 5.32 Å². The standard InChI is InChI=1S/C17H21N3O.C4H4O4/c1-13-7-5-6-10-15(13)16(14-8-3-2-4-9-14)21-12-11-20-17(18)19;5-3(6)1-2-4(7)8/h2-10,16H,11-12H2,1H3,(H4,18,19,20);1-2H,(H,5,6)(H,7,8)/b;2-1+. The summed E-state index contributed by atoms with van der Waals surface area (Å²) in [6.45, 7) is 3.38. The Balaban J connectivity index is 0.000000447. The Morgan fingerprint density at radius 2 is 1.62 bits per heavy atom. The summed E-state index contributed by atoms with van der Waals surface area (Å²) in [5, 5.41) is 26.0. The molecule has 0 radical (unpaired) electrons. The number of aliphatic carboxylic acids is 2. The maximum atomic E-state index is 9.41. The Hall–Kier alpha value is -3.49. The van der Waals surface area contributed by atoms with Crippen LogP contribution in [0.2, 0.25) is 0 Å². The predicted molar refractivity (Wildman–Crippen MR) is 102 cm³/mol. The monoisotopic (exact) mass is 399 g/mol. The van der Waals surface area contributed by atoms with Crippen molar-refractivity contribution in [3.05, 3.63) is 83.4 Å². The zero-order chi connectivity index (χ0) is 21.6. The Morgan fingerprint density at radius 3 is 2.14 bits per heavy atom. The fourth-order valence-electron chi connectivity index (χ4n) is 2.42. The number of benzene rings is 2. The highest BCUT2D eigenvalue weighted by Gasteiger charge is 2.16. The molecular weight excluding hydrogens is 374 g/mol. The van der Waals surface area contributed by atoms with Gasteiger partial charge in [-0.25, -0.2) is 16.5 Å². The number of carbonyl (C=O) groups excluding carboxylic acids is 2. The molecule has 29 heavy (non-hydrogen) atoms. The average molecular weight is 399 g/mol. The Morgan fingerprint density at radius 1 is 1.07 bits per heavy atom. The van der Waals surface area contributed by atoms with Crippen molar-refractivity contribution in [2.24, 2.45) is 5.73 Å². The van der Waals surface area contributed by atoms with Gasteiger partial charge in [-0.05, 0) is 35.8 Å². The number of hydrogen-bond donors (Lipinski definition) is 3. The van der Waals surface area contributed by atoms with Gasteiger partial charge >= 0.3 is 5.96 Å². The van der Waals surface area contributed by atoms with Crippen molar-refractivity contribution in [1.82, 2.24) is 0 Å². The Labute approximate surface area is 169 Å². The van der Waals surface area contributed by atoms with Gasteiger partial charge in [0.1, 0.15) is 12.6 Å². The number of carboxylic acid groups (broad SMARTS) is 2. The maximum absolute atomic E-state index is 9.41. The molecule has 0 aliphatic rings. The molecule has 1 unspecified atom stereocenters. The summed E-state index contributed by atoms with van der Waals surface area (Å²) in [5.41, 5.74) is 9.00. The van der Waals surface area contributed by atoms with Crippen molar-refractivity contribution in [1.29, 1.82) is 0 Å². The van der Waals surface area contributed by atoms with Crippen LogP contribution in [0.1, 0.15) is 22.8 Å². The third kappa shape index (κ3) is 9.85. The van der Waals surface area contributed by atoms with E-state index in [1.165, 1.54) is 11.1 Å². The van der Waals surface area contributed by atoms with Crippen LogP contribution in [0.5, 0.6) is 0 Å². The van der Waals surface area contributed by atoms with Crippen LogP contribution in [0, 0.1) is 6.92 Å². The molecule has 0 saturated heterocycles. The first-order chi connectivity index (χ1) is 13.8. The highest BCUT2D eigenvalue weighted by atomic mass is 16.5. The minimum Gasteiger partial charge on any atom is -0.545 e. The number of aryl methyl sites for hydroxylation is 1. The lowest BCUT2D eigenvalue weighted by atomic mass is 9.97. The molecule has 2 aromatic rings. The summed E-state index contributed by atoms with van der Waals surface area (Å²) in [6.07, 6.45) is 0.699. The van der Waals surface area contributed by atoms with Gasteiger partial charge in [0, 0.05) is 0 Å². The lowest BCUT2D eigenvalue weighted by Crippen LogP contribution is -2.97. The molecule has 6 N–H and O–H groups in total. The van der Waals surface area contributed by atoms with Gasteiger partial charge in [-0.2, -0.15) is 0 Å². The number of quaternary nitrogens is 1. The number of ether oxygens (including phenoxy) is 1. The van der Waals surface area contributed by atoms with Gasteiger partial charge in [0.2, 0.25) is 0 Å². The molecule has 8 heteroatoms. The van der Waals surface area contributed by atoms with Gasteiger partial charge < -0.3 is 24.5 Å². The van der Waals surface area contributed by atoms with Crippen LogP contribution in [-0.2, 0) is 14.3 Å². The number of carbonyl (C=O) groups is 2. The van der Waals surface area contributed by atoms with E-state index in [9.17, 15) is 19.8 Å². The van der Waals surface area contributed by atoms with Crippen molar-refractivity contribution in [3.63, 3.8) is 0 Å². The van der Waals surface area contributed by atoms with Crippen LogP contribution in [0.3, 0.4) is 0 Å². The van der Waals surface area contributed by atoms with E-state index in [2.05, 4.69) is 31.2 Å². The van der Waals surface area contributed by atoms with Crippen molar-refractivity contribution >= 4 is 17.9 Å². The molecule has 2 aromatic carbocycles. The second-order valence-corrected chi connectivity index (χ2v) is 5.98. The lowest BCUT2D eigenvalue weighted by molar-refractivity contribution is -0.570. The minimum atomic E-state index is -1.55. The zero-order valence-electron chi connectivity index (χ0n) is 16.1. The molecule has 0 saturated carbocycles. The van der Waals surface area contributed by atoms with Crippen molar-refractivity contribution in [2.45, 2.75) is 13.0 Å². The number of guanidine groups is 1. The molecule has 8 nitrogen and oxygen atoms in total. The lowest BCUT2D eigenvalue weighted by Gasteiger charge is -2.20. The van der Waals surface area contributed by atoms with Crippen molar-refractivity contribution < 1.29 is 35.3 Å². The second-order valence-electron chi connectivity index (χ2n) is 5.98. The first-order valence-electron chi connectivity index (χ1n) is 8.84. The molecule has 0 fully saturated rings. The Kier molecular flexibility index (Phi) is 10.4. The molecule has 154 valence electrons. The number of nitrogens with two attached hydrogens (primary N) is 3. The summed E-state index contributed by atoms with van der Waals surface area (Å²) < 4.78 is 6.09. The number of carboxylic acids is 2. The molecule has 0 bridgehead atoms. The molecule has 1 atom stereocenters.